The molecule has 4 heteroatoms. The molecule has 0 aliphatic carbocycles. The van der Waals surface area contributed by atoms with Crippen molar-refractivity contribution < 1.29 is 4.42 Å². The van der Waals surface area contributed by atoms with E-state index >= 15 is 0 Å². The van der Waals surface area contributed by atoms with Gasteiger partial charge in [-0.3, -0.25) is 0 Å². The molecule has 3 heterocycles. The SMILES string of the molecule is CCCCc1ccc(N2B3c4c(cc5ccccc5c4-c4ccccc42)N(c2ccc(CCCC)cc2-c2ccccc2)c2ccc4oc5ccccc5c4c23)cc1. The first-order valence-corrected chi connectivity index (χ1v) is 21.2. The highest BCUT2D eigenvalue weighted by Gasteiger charge is 2.47. The Morgan fingerprint density at radius 3 is 2.02 bits per heavy atom. The molecule has 0 N–H and O–H groups in total. The van der Waals surface area contributed by atoms with Gasteiger partial charge in [-0.05, 0) is 124 Å². The minimum Gasteiger partial charge on any atom is -0.456 e. The summed E-state index contributed by atoms with van der Waals surface area (Å²) in [7, 11) is 0. The number of fused-ring (bicyclic) bond motifs is 10. The van der Waals surface area contributed by atoms with E-state index in [1.807, 2.05) is 0 Å². The highest BCUT2D eigenvalue weighted by molar-refractivity contribution is 6.95. The van der Waals surface area contributed by atoms with Gasteiger partial charge in [0.15, 0.2) is 0 Å². The normalized spacial score (nSPS) is 13.0. The van der Waals surface area contributed by atoms with Crippen molar-refractivity contribution >= 4 is 78.9 Å². The maximum absolute atomic E-state index is 6.73. The number of para-hydroxylation sites is 2. The summed E-state index contributed by atoms with van der Waals surface area (Å²) in [5, 5.41) is 4.84. The Labute approximate surface area is 341 Å². The molecule has 0 radical (unpaired) electrons. The number of furan rings is 1. The predicted octanol–water partition coefficient (Wildman–Crippen LogP) is 13.8. The zero-order chi connectivity index (χ0) is 38.7. The quantitative estimate of drug-likeness (QED) is 0.137. The number of hydrogen-bond donors (Lipinski definition) is 0. The van der Waals surface area contributed by atoms with Gasteiger partial charge < -0.3 is 14.1 Å². The minimum atomic E-state index is -0.133. The number of rotatable bonds is 9. The van der Waals surface area contributed by atoms with Gasteiger partial charge in [0.2, 0.25) is 0 Å². The second-order valence-electron chi connectivity index (χ2n) is 16.1. The van der Waals surface area contributed by atoms with E-state index in [1.165, 1.54) is 115 Å². The second kappa shape index (κ2) is 14.1. The number of hydrogen-bond acceptors (Lipinski definition) is 3. The van der Waals surface area contributed by atoms with Crippen molar-refractivity contribution in [2.75, 3.05) is 9.71 Å². The van der Waals surface area contributed by atoms with Gasteiger partial charge in [0, 0.05) is 44.6 Å². The van der Waals surface area contributed by atoms with Gasteiger partial charge >= 0.3 is 6.85 Å². The summed E-state index contributed by atoms with van der Waals surface area (Å²) in [6, 6.07) is 61.2. The summed E-state index contributed by atoms with van der Waals surface area (Å²) < 4.78 is 6.73. The van der Waals surface area contributed by atoms with E-state index in [4.69, 9.17) is 4.42 Å². The van der Waals surface area contributed by atoms with Crippen LogP contribution in [0.2, 0.25) is 0 Å². The van der Waals surface area contributed by atoms with E-state index < -0.39 is 0 Å². The number of benzene rings is 8. The molecule has 1 aromatic heterocycles. The van der Waals surface area contributed by atoms with Crippen molar-refractivity contribution in [2.24, 2.45) is 0 Å². The maximum atomic E-state index is 6.73. The summed E-state index contributed by atoms with van der Waals surface area (Å²) in [4.78, 5) is 5.22. The van der Waals surface area contributed by atoms with Crippen LogP contribution in [0.4, 0.5) is 28.4 Å². The average Bonchev–Trinajstić information content (AvgIpc) is 3.67. The molecule has 11 rings (SSSR count). The fraction of sp³-hybridized carbons (Fsp3) is 0.148. The van der Waals surface area contributed by atoms with Crippen molar-refractivity contribution in [3.8, 4) is 22.3 Å². The maximum Gasteiger partial charge on any atom is 0.333 e. The van der Waals surface area contributed by atoms with E-state index in [0.29, 0.717) is 0 Å². The lowest BCUT2D eigenvalue weighted by Crippen LogP contribution is -2.61. The molecule has 0 saturated heterocycles. The molecule has 0 saturated carbocycles. The van der Waals surface area contributed by atoms with Crippen LogP contribution in [0.5, 0.6) is 0 Å². The van der Waals surface area contributed by atoms with Crippen LogP contribution in [0.1, 0.15) is 50.7 Å². The van der Waals surface area contributed by atoms with Crippen LogP contribution in [0.25, 0.3) is 55.0 Å². The summed E-state index contributed by atoms with van der Waals surface area (Å²) in [5.41, 5.74) is 18.2. The van der Waals surface area contributed by atoms with Gasteiger partial charge in [-0.2, -0.15) is 0 Å². The first-order chi connectivity index (χ1) is 28.7. The molecule has 58 heavy (non-hydrogen) atoms. The Hall–Kier alpha value is -6.52. The third-order valence-electron chi connectivity index (χ3n) is 12.6. The Kier molecular flexibility index (Phi) is 8.47. The molecule has 2 aliphatic heterocycles. The Morgan fingerprint density at radius 2 is 1.19 bits per heavy atom. The Balaban J connectivity index is 1.28. The molecule has 2 aliphatic rings. The number of unbranched alkanes of at least 4 members (excludes halogenated alkanes) is 2. The highest BCUT2D eigenvalue weighted by atomic mass is 16.3. The molecular weight excluding hydrogens is 703 g/mol. The lowest BCUT2D eigenvalue weighted by atomic mass is 9.42. The molecule has 0 amide bonds. The molecule has 3 nitrogen and oxygen atoms in total. The zero-order valence-corrected chi connectivity index (χ0v) is 33.2. The Bertz CT molecular complexity index is 3000. The molecular formula is C54H45BN2O. The topological polar surface area (TPSA) is 19.6 Å². The van der Waals surface area contributed by atoms with Gasteiger partial charge in [-0.15, -0.1) is 0 Å². The molecule has 8 aromatic carbocycles. The Morgan fingerprint density at radius 1 is 0.500 bits per heavy atom. The number of anilines is 5. The molecule has 0 bridgehead atoms. The van der Waals surface area contributed by atoms with Gasteiger partial charge in [0.05, 0.1) is 5.69 Å². The van der Waals surface area contributed by atoms with E-state index in [2.05, 4.69) is 187 Å². The summed E-state index contributed by atoms with van der Waals surface area (Å²) in [6.45, 7) is 4.41. The average molecular weight is 749 g/mol. The molecule has 0 atom stereocenters. The molecule has 280 valence electrons. The second-order valence-corrected chi connectivity index (χ2v) is 16.1. The van der Waals surface area contributed by atoms with Crippen LogP contribution in [0.15, 0.2) is 168 Å². The molecule has 0 fully saturated rings. The third-order valence-corrected chi connectivity index (χ3v) is 12.6. The fourth-order valence-electron chi connectivity index (χ4n) is 9.89. The minimum absolute atomic E-state index is 0.133. The lowest BCUT2D eigenvalue weighted by Gasteiger charge is -2.46. The van der Waals surface area contributed by atoms with Crippen LogP contribution in [-0.4, -0.2) is 6.85 Å². The van der Waals surface area contributed by atoms with Crippen LogP contribution >= 0.6 is 0 Å². The van der Waals surface area contributed by atoms with E-state index in [9.17, 15) is 0 Å². The fourth-order valence-corrected chi connectivity index (χ4v) is 9.89. The smallest absolute Gasteiger partial charge is 0.333 e. The van der Waals surface area contributed by atoms with Crippen molar-refractivity contribution in [1.29, 1.82) is 0 Å². The monoisotopic (exact) mass is 748 g/mol. The number of aryl methyl sites for hydroxylation is 2. The first-order valence-electron chi connectivity index (χ1n) is 21.2. The molecule has 0 unspecified atom stereocenters. The van der Waals surface area contributed by atoms with Gasteiger partial charge in [-0.1, -0.05) is 136 Å². The van der Waals surface area contributed by atoms with Crippen LogP contribution < -0.4 is 20.6 Å². The standard InChI is InChI=1S/C54H45BN2O/c1-3-5-16-36-26-29-40(30-27-36)57-46-24-14-12-22-42(46)51-41-21-11-10-20-39(41)35-48-54(51)55(57)53-47(32-33-50-52(53)43-23-13-15-25-49(43)58-50)56(48)45-31-28-37(17-6-4-2)34-44(45)38-18-8-7-9-19-38/h7-15,18-35H,3-6,16-17H2,1-2H3. The lowest BCUT2D eigenvalue weighted by molar-refractivity contribution is 0.669. The summed E-state index contributed by atoms with van der Waals surface area (Å²) in [5.74, 6) is 0. The third kappa shape index (κ3) is 5.42. The van der Waals surface area contributed by atoms with Crippen molar-refractivity contribution in [2.45, 2.75) is 52.4 Å². The number of nitrogens with zero attached hydrogens (tertiary/aromatic N) is 2. The van der Waals surface area contributed by atoms with Crippen LogP contribution in [0, 0.1) is 0 Å². The van der Waals surface area contributed by atoms with Crippen molar-refractivity contribution in [3.05, 3.63) is 175 Å². The summed E-state index contributed by atoms with van der Waals surface area (Å²) in [6.07, 6.45) is 6.87. The van der Waals surface area contributed by atoms with Crippen molar-refractivity contribution in [3.63, 3.8) is 0 Å². The highest BCUT2D eigenvalue weighted by Crippen LogP contribution is 2.51. The predicted molar refractivity (Wildman–Crippen MR) is 248 cm³/mol. The molecule has 9 aromatic rings. The summed E-state index contributed by atoms with van der Waals surface area (Å²) >= 11 is 0. The van der Waals surface area contributed by atoms with Gasteiger partial charge in [0.25, 0.3) is 0 Å². The van der Waals surface area contributed by atoms with Crippen LogP contribution in [0.3, 0.4) is 0 Å². The van der Waals surface area contributed by atoms with E-state index in [0.717, 1.165) is 29.4 Å². The zero-order valence-electron chi connectivity index (χ0n) is 33.2. The van der Waals surface area contributed by atoms with Crippen molar-refractivity contribution in [1.82, 2.24) is 0 Å². The van der Waals surface area contributed by atoms with E-state index in [-0.39, 0.29) is 6.85 Å². The molecule has 0 spiro atoms. The largest absolute Gasteiger partial charge is 0.456 e. The van der Waals surface area contributed by atoms with E-state index in [1.54, 1.807) is 0 Å². The first kappa shape index (κ1) is 34.7. The van der Waals surface area contributed by atoms with Crippen LogP contribution in [-0.2, 0) is 12.8 Å². The van der Waals surface area contributed by atoms with Gasteiger partial charge in [0.1, 0.15) is 11.2 Å². The van der Waals surface area contributed by atoms with Gasteiger partial charge in [-0.25, -0.2) is 0 Å².